The van der Waals surface area contributed by atoms with Gasteiger partial charge >= 0.3 is 6.09 Å². The summed E-state index contributed by atoms with van der Waals surface area (Å²) in [4.78, 5) is 34.1. The molecule has 1 N–H and O–H groups in total. The van der Waals surface area contributed by atoms with Gasteiger partial charge in [0, 0.05) is 36.3 Å². The first-order valence-corrected chi connectivity index (χ1v) is 16.5. The minimum absolute atomic E-state index is 0.191. The number of amides is 1. The SMILES string of the molecule is C/C(=N\OC(=O)N(CCC1NCCC1=S)CC[N+](C)(C)C)[C@H]1CC[C@H]2[C@@H]3CCC4=CC(=O)CC[C@]4(C)[C@H]3CC[C@]12C. The number of carbonyl (C=O) groups excluding carboxylic acids is 2. The molecule has 5 aliphatic rings. The maximum atomic E-state index is 13.3. The van der Waals surface area contributed by atoms with Crippen molar-refractivity contribution in [3.63, 3.8) is 0 Å². The van der Waals surface area contributed by atoms with Crippen molar-refractivity contribution in [1.82, 2.24) is 10.2 Å². The molecule has 0 aromatic rings. The van der Waals surface area contributed by atoms with Crippen LogP contribution >= 0.6 is 12.2 Å². The number of fused-ring (bicyclic) bond motifs is 5. The summed E-state index contributed by atoms with van der Waals surface area (Å²) in [5.41, 5.74) is 2.79. The third kappa shape index (κ3) is 6.21. The molecule has 228 valence electrons. The van der Waals surface area contributed by atoms with Crippen LogP contribution in [0.1, 0.15) is 85.0 Å². The highest BCUT2D eigenvalue weighted by Crippen LogP contribution is 2.66. The second kappa shape index (κ2) is 11.8. The lowest BCUT2D eigenvalue weighted by Gasteiger charge is -2.58. The lowest BCUT2D eigenvalue weighted by Crippen LogP contribution is -2.51. The minimum Gasteiger partial charge on any atom is -0.329 e. The maximum absolute atomic E-state index is 13.3. The van der Waals surface area contributed by atoms with Gasteiger partial charge in [0.05, 0.1) is 39.9 Å². The van der Waals surface area contributed by atoms with Crippen molar-refractivity contribution < 1.29 is 18.9 Å². The molecule has 1 saturated heterocycles. The zero-order valence-corrected chi connectivity index (χ0v) is 27.2. The van der Waals surface area contributed by atoms with Gasteiger partial charge in [-0.25, -0.2) is 4.79 Å². The van der Waals surface area contributed by atoms with Crippen LogP contribution < -0.4 is 5.32 Å². The number of allylic oxidation sites excluding steroid dienone is 1. The Kier molecular flexibility index (Phi) is 8.87. The van der Waals surface area contributed by atoms with Crippen LogP contribution in [0.2, 0.25) is 0 Å². The van der Waals surface area contributed by atoms with E-state index in [-0.39, 0.29) is 23.0 Å². The maximum Gasteiger partial charge on any atom is 0.436 e. The molecule has 1 amide bonds. The van der Waals surface area contributed by atoms with Gasteiger partial charge in [0.15, 0.2) is 5.78 Å². The molecule has 3 saturated carbocycles. The summed E-state index contributed by atoms with van der Waals surface area (Å²) in [6, 6.07) is 0.197. The number of oxime groups is 1. The molecule has 4 fully saturated rings. The number of hydrogen-bond donors (Lipinski definition) is 1. The summed E-state index contributed by atoms with van der Waals surface area (Å²) in [6.45, 7) is 10.0. The molecule has 7 nitrogen and oxygen atoms in total. The van der Waals surface area contributed by atoms with Gasteiger partial charge in [-0.3, -0.25) is 9.63 Å². The van der Waals surface area contributed by atoms with E-state index in [0.29, 0.717) is 49.0 Å². The summed E-state index contributed by atoms with van der Waals surface area (Å²) in [5.74, 6) is 2.74. The highest BCUT2D eigenvalue weighted by Gasteiger charge is 2.59. The second-order valence-corrected chi connectivity index (χ2v) is 15.8. The Morgan fingerprint density at radius 2 is 1.88 bits per heavy atom. The van der Waals surface area contributed by atoms with Crippen molar-refractivity contribution in [3.05, 3.63) is 11.6 Å². The molecule has 1 aliphatic heterocycles. The van der Waals surface area contributed by atoms with E-state index in [2.05, 4.69) is 52.4 Å². The van der Waals surface area contributed by atoms with E-state index in [0.717, 1.165) is 60.3 Å². The predicted octanol–water partition coefficient (Wildman–Crippen LogP) is 5.78. The Bertz CT molecular complexity index is 1110. The zero-order chi connectivity index (χ0) is 29.6. The van der Waals surface area contributed by atoms with Crippen LogP contribution in [0.4, 0.5) is 4.79 Å². The third-order valence-corrected chi connectivity index (χ3v) is 12.4. The first kappa shape index (κ1) is 30.8. The van der Waals surface area contributed by atoms with Gasteiger partial charge in [-0.2, -0.15) is 0 Å². The van der Waals surface area contributed by atoms with E-state index in [1.165, 1.54) is 31.3 Å². The number of quaternary nitrogens is 1. The Labute approximate surface area is 253 Å². The Morgan fingerprint density at radius 1 is 1.10 bits per heavy atom. The van der Waals surface area contributed by atoms with Gasteiger partial charge in [-0.1, -0.05) is 36.8 Å². The fraction of sp³-hybridized carbons (Fsp3) is 0.818. The summed E-state index contributed by atoms with van der Waals surface area (Å²) in [7, 11) is 6.43. The van der Waals surface area contributed by atoms with E-state index in [1.54, 1.807) is 0 Å². The topological polar surface area (TPSA) is 71.0 Å². The molecule has 1 heterocycles. The monoisotopic (exact) mass is 585 g/mol. The van der Waals surface area contributed by atoms with Crippen LogP contribution in [0.5, 0.6) is 0 Å². The van der Waals surface area contributed by atoms with Crippen molar-refractivity contribution in [2.75, 3.05) is 47.3 Å². The molecule has 0 aromatic carbocycles. The molecule has 0 radical (unpaired) electrons. The van der Waals surface area contributed by atoms with Crippen molar-refractivity contribution in [3.8, 4) is 0 Å². The van der Waals surface area contributed by atoms with Crippen LogP contribution in [-0.4, -0.2) is 85.2 Å². The van der Waals surface area contributed by atoms with E-state index in [4.69, 9.17) is 17.1 Å². The fourth-order valence-corrected chi connectivity index (χ4v) is 9.70. The number of ketones is 1. The average Bonchev–Trinajstić information content (AvgIpc) is 3.49. The average molecular weight is 586 g/mol. The van der Waals surface area contributed by atoms with Gasteiger partial charge in [0.1, 0.15) is 0 Å². The number of nitrogens with zero attached hydrogens (tertiary/aromatic N) is 3. The number of hydrogen-bond acceptors (Lipinski definition) is 6. The molecular formula is C33H53N4O3S+. The van der Waals surface area contributed by atoms with Crippen LogP contribution in [0, 0.1) is 34.5 Å². The summed E-state index contributed by atoms with van der Waals surface area (Å²) < 4.78 is 0.781. The van der Waals surface area contributed by atoms with Gasteiger partial charge in [-0.15, -0.1) is 0 Å². The molecule has 0 aromatic heterocycles. The lowest BCUT2D eigenvalue weighted by atomic mass is 9.46. The molecule has 0 spiro atoms. The van der Waals surface area contributed by atoms with E-state index >= 15 is 0 Å². The Hall–Kier alpha value is -1.64. The molecule has 7 atom stereocenters. The number of nitrogens with one attached hydrogen (secondary N) is 1. The first-order chi connectivity index (χ1) is 19.3. The number of carbonyl (C=O) groups is 2. The highest BCUT2D eigenvalue weighted by atomic mass is 32.1. The third-order valence-electron chi connectivity index (χ3n) is 11.9. The van der Waals surface area contributed by atoms with Gasteiger partial charge in [0.25, 0.3) is 0 Å². The van der Waals surface area contributed by atoms with Crippen LogP contribution in [0.3, 0.4) is 0 Å². The smallest absolute Gasteiger partial charge is 0.329 e. The minimum atomic E-state index is -0.350. The fourth-order valence-electron chi connectivity index (χ4n) is 9.40. The van der Waals surface area contributed by atoms with Crippen LogP contribution in [0.25, 0.3) is 0 Å². The van der Waals surface area contributed by atoms with Gasteiger partial charge < -0.3 is 14.7 Å². The van der Waals surface area contributed by atoms with Gasteiger partial charge in [-0.05, 0) is 99.4 Å². The summed E-state index contributed by atoms with van der Waals surface area (Å²) in [5, 5.41) is 7.99. The number of thiocarbonyl (C=S) groups is 1. The van der Waals surface area contributed by atoms with Crippen molar-refractivity contribution >= 4 is 34.7 Å². The molecule has 0 bridgehead atoms. The lowest BCUT2D eigenvalue weighted by molar-refractivity contribution is -0.869. The first-order valence-electron chi connectivity index (χ1n) is 16.1. The number of rotatable bonds is 8. The molecule has 1 unspecified atom stereocenters. The molecular weight excluding hydrogens is 532 g/mol. The normalized spacial score (nSPS) is 37.3. The molecule has 4 aliphatic carbocycles. The second-order valence-electron chi connectivity index (χ2n) is 15.2. The van der Waals surface area contributed by atoms with Gasteiger partial charge in [0.2, 0.25) is 0 Å². The largest absolute Gasteiger partial charge is 0.436 e. The highest BCUT2D eigenvalue weighted by molar-refractivity contribution is 7.80. The summed E-state index contributed by atoms with van der Waals surface area (Å²) >= 11 is 5.52. The Morgan fingerprint density at radius 3 is 2.59 bits per heavy atom. The van der Waals surface area contributed by atoms with E-state index < -0.39 is 0 Å². The Balaban J connectivity index is 1.24. The summed E-state index contributed by atoms with van der Waals surface area (Å²) in [6.07, 6.45) is 12.2. The van der Waals surface area contributed by atoms with Crippen molar-refractivity contribution in [2.45, 2.75) is 91.0 Å². The van der Waals surface area contributed by atoms with Crippen LogP contribution in [0.15, 0.2) is 16.8 Å². The van der Waals surface area contributed by atoms with Crippen molar-refractivity contribution in [2.24, 2.45) is 39.7 Å². The van der Waals surface area contributed by atoms with E-state index in [1.807, 2.05) is 11.0 Å². The van der Waals surface area contributed by atoms with E-state index in [9.17, 15) is 9.59 Å². The van der Waals surface area contributed by atoms with Crippen molar-refractivity contribution in [1.29, 1.82) is 0 Å². The quantitative estimate of drug-likeness (QED) is 0.129. The predicted molar refractivity (Wildman–Crippen MR) is 168 cm³/mol. The molecule has 8 heteroatoms. The standard InChI is InChI=1S/C33H53N4O3S/c1-22(35-40-31(39)36(19-20-37(4,5)6)18-14-29-30(41)13-17-34-29)26-9-10-27-25-8-7-23-21-24(38)11-15-32(23,2)28(25)12-16-33(26,27)3/h21,25-29,34H,7-20H2,1-6H3/q+1/b35-22+/t25-,26+,27-,28-,29?,32-,33+/m0/s1. The molecule has 41 heavy (non-hydrogen) atoms. The number of likely N-dealkylation sites (N-methyl/N-ethyl adjacent to an activating group) is 1. The molecule has 5 rings (SSSR count). The van der Waals surface area contributed by atoms with Crippen LogP contribution in [-0.2, 0) is 9.63 Å². The zero-order valence-electron chi connectivity index (χ0n) is 26.3.